The molecular formula is C17H32N2. The summed E-state index contributed by atoms with van der Waals surface area (Å²) in [4.78, 5) is 2.54. The van der Waals surface area contributed by atoms with Gasteiger partial charge >= 0.3 is 0 Å². The molecule has 0 amide bonds. The molecule has 0 aromatic rings. The van der Waals surface area contributed by atoms with Gasteiger partial charge in [-0.25, -0.2) is 0 Å². The number of nitrogens with one attached hydrogen (secondary N) is 1. The van der Waals surface area contributed by atoms with Crippen LogP contribution in [0.1, 0.15) is 51.9 Å². The van der Waals surface area contributed by atoms with Crippen LogP contribution in [0.5, 0.6) is 0 Å². The Morgan fingerprint density at radius 2 is 1.58 bits per heavy atom. The fourth-order valence-electron chi connectivity index (χ4n) is 5.58. The molecule has 0 saturated heterocycles. The van der Waals surface area contributed by atoms with Crippen molar-refractivity contribution in [2.75, 3.05) is 33.2 Å². The van der Waals surface area contributed by atoms with E-state index in [1.165, 1.54) is 19.5 Å². The molecule has 0 aromatic carbocycles. The first kappa shape index (κ1) is 13.9. The average Bonchev–Trinajstić information content (AvgIpc) is 2.35. The third-order valence-corrected chi connectivity index (χ3v) is 6.11. The van der Waals surface area contributed by atoms with Crippen LogP contribution in [0.2, 0.25) is 0 Å². The van der Waals surface area contributed by atoms with Crippen LogP contribution in [0.25, 0.3) is 0 Å². The molecule has 0 heterocycles. The van der Waals surface area contributed by atoms with Gasteiger partial charge in [0, 0.05) is 13.1 Å². The Morgan fingerprint density at radius 1 is 1.00 bits per heavy atom. The third kappa shape index (κ3) is 3.16. The third-order valence-electron chi connectivity index (χ3n) is 6.11. The first-order chi connectivity index (χ1) is 9.19. The SMILES string of the molecule is CCNCCN(C)CCC12CC3CC(CC(C3)C1)C2. The van der Waals surface area contributed by atoms with Gasteiger partial charge < -0.3 is 10.2 Å². The van der Waals surface area contributed by atoms with E-state index in [4.69, 9.17) is 0 Å². The minimum Gasteiger partial charge on any atom is -0.316 e. The van der Waals surface area contributed by atoms with E-state index >= 15 is 0 Å². The van der Waals surface area contributed by atoms with Gasteiger partial charge in [-0.15, -0.1) is 0 Å². The van der Waals surface area contributed by atoms with Crippen LogP contribution >= 0.6 is 0 Å². The number of hydrogen-bond acceptors (Lipinski definition) is 2. The summed E-state index contributed by atoms with van der Waals surface area (Å²) in [5, 5.41) is 3.43. The van der Waals surface area contributed by atoms with Crippen LogP contribution in [0.3, 0.4) is 0 Å². The standard InChI is InChI=1S/C17H32N2/c1-3-18-5-7-19(2)6-4-17-11-14-8-15(12-17)10-16(9-14)13-17/h14-16,18H,3-13H2,1-2H3. The second-order valence-electron chi connectivity index (χ2n) is 7.82. The van der Waals surface area contributed by atoms with Crippen LogP contribution in [-0.4, -0.2) is 38.1 Å². The molecule has 0 radical (unpaired) electrons. The van der Waals surface area contributed by atoms with E-state index in [1.807, 2.05) is 0 Å². The van der Waals surface area contributed by atoms with Crippen molar-refractivity contribution in [1.29, 1.82) is 0 Å². The predicted molar refractivity (Wildman–Crippen MR) is 81.3 cm³/mol. The Labute approximate surface area is 119 Å². The molecule has 0 aromatic heterocycles. The van der Waals surface area contributed by atoms with Gasteiger partial charge in [0.15, 0.2) is 0 Å². The number of likely N-dealkylation sites (N-methyl/N-ethyl adjacent to an activating group) is 2. The molecule has 4 saturated carbocycles. The fraction of sp³-hybridized carbons (Fsp3) is 1.00. The van der Waals surface area contributed by atoms with Crippen molar-refractivity contribution >= 4 is 0 Å². The summed E-state index contributed by atoms with van der Waals surface area (Å²) in [6.07, 6.45) is 10.9. The minimum atomic E-state index is 0.765. The molecule has 4 fully saturated rings. The topological polar surface area (TPSA) is 15.3 Å². The molecule has 1 N–H and O–H groups in total. The number of hydrogen-bond donors (Lipinski definition) is 1. The quantitative estimate of drug-likeness (QED) is 0.711. The molecule has 0 aliphatic heterocycles. The smallest absolute Gasteiger partial charge is 0.0104 e. The van der Waals surface area contributed by atoms with Gasteiger partial charge in [0.05, 0.1) is 0 Å². The maximum Gasteiger partial charge on any atom is 0.0104 e. The zero-order chi connectivity index (χ0) is 13.3. The minimum absolute atomic E-state index is 0.765. The first-order valence-corrected chi connectivity index (χ1v) is 8.58. The van der Waals surface area contributed by atoms with Crippen LogP contribution in [0.15, 0.2) is 0 Å². The average molecular weight is 264 g/mol. The van der Waals surface area contributed by atoms with E-state index < -0.39 is 0 Å². The van der Waals surface area contributed by atoms with Crippen molar-refractivity contribution in [2.24, 2.45) is 23.2 Å². The van der Waals surface area contributed by atoms with Gasteiger partial charge in [0.1, 0.15) is 0 Å². The summed E-state index contributed by atoms with van der Waals surface area (Å²) in [5.74, 6) is 3.33. The maximum atomic E-state index is 3.43. The predicted octanol–water partition coefficient (Wildman–Crippen LogP) is 3.13. The highest BCUT2D eigenvalue weighted by atomic mass is 15.1. The molecule has 4 aliphatic carbocycles. The second kappa shape index (κ2) is 5.73. The van der Waals surface area contributed by atoms with Gasteiger partial charge in [-0.3, -0.25) is 0 Å². The zero-order valence-electron chi connectivity index (χ0n) is 13.0. The highest BCUT2D eigenvalue weighted by Gasteiger charge is 2.50. The highest BCUT2D eigenvalue weighted by molar-refractivity contribution is 5.01. The van der Waals surface area contributed by atoms with Crippen molar-refractivity contribution in [3.05, 3.63) is 0 Å². The van der Waals surface area contributed by atoms with Gasteiger partial charge in [-0.05, 0) is 88.3 Å². The lowest BCUT2D eigenvalue weighted by Gasteiger charge is -2.57. The van der Waals surface area contributed by atoms with Crippen molar-refractivity contribution in [1.82, 2.24) is 10.2 Å². The van der Waals surface area contributed by atoms with Crippen LogP contribution < -0.4 is 5.32 Å². The molecule has 0 unspecified atom stereocenters. The summed E-state index contributed by atoms with van der Waals surface area (Å²) in [6.45, 7) is 6.96. The normalized spacial score (nSPS) is 40.3. The Morgan fingerprint density at radius 3 is 2.11 bits per heavy atom. The molecule has 4 rings (SSSR count). The van der Waals surface area contributed by atoms with Gasteiger partial charge in [0.2, 0.25) is 0 Å². The lowest BCUT2D eigenvalue weighted by molar-refractivity contribution is -0.0601. The Balaban J connectivity index is 1.47. The van der Waals surface area contributed by atoms with Crippen molar-refractivity contribution in [3.8, 4) is 0 Å². The summed E-state index contributed by atoms with van der Waals surface area (Å²) in [5.41, 5.74) is 0.765. The Kier molecular flexibility index (Phi) is 4.19. The largest absolute Gasteiger partial charge is 0.316 e. The van der Waals surface area contributed by atoms with Crippen LogP contribution in [0.4, 0.5) is 0 Å². The van der Waals surface area contributed by atoms with E-state index in [2.05, 4.69) is 24.2 Å². The highest BCUT2D eigenvalue weighted by Crippen LogP contribution is 2.61. The Hall–Kier alpha value is -0.0800. The maximum absolute atomic E-state index is 3.43. The molecule has 2 nitrogen and oxygen atoms in total. The molecule has 2 heteroatoms. The fourth-order valence-corrected chi connectivity index (χ4v) is 5.58. The summed E-state index contributed by atoms with van der Waals surface area (Å²) >= 11 is 0. The molecule has 19 heavy (non-hydrogen) atoms. The summed E-state index contributed by atoms with van der Waals surface area (Å²) in [7, 11) is 2.30. The van der Waals surface area contributed by atoms with E-state index in [-0.39, 0.29) is 0 Å². The first-order valence-electron chi connectivity index (χ1n) is 8.58. The molecular weight excluding hydrogens is 232 g/mol. The van der Waals surface area contributed by atoms with E-state index in [0.717, 1.165) is 36.3 Å². The lowest BCUT2D eigenvalue weighted by Crippen LogP contribution is -2.47. The van der Waals surface area contributed by atoms with Gasteiger partial charge in [-0.1, -0.05) is 6.92 Å². The monoisotopic (exact) mass is 264 g/mol. The van der Waals surface area contributed by atoms with E-state index in [9.17, 15) is 0 Å². The second-order valence-corrected chi connectivity index (χ2v) is 7.82. The number of rotatable bonds is 7. The molecule has 110 valence electrons. The van der Waals surface area contributed by atoms with Crippen molar-refractivity contribution in [2.45, 2.75) is 51.9 Å². The van der Waals surface area contributed by atoms with Crippen molar-refractivity contribution < 1.29 is 0 Å². The van der Waals surface area contributed by atoms with E-state index in [1.54, 1.807) is 38.5 Å². The lowest BCUT2D eigenvalue weighted by atomic mass is 9.49. The summed E-state index contributed by atoms with van der Waals surface area (Å²) < 4.78 is 0. The zero-order valence-corrected chi connectivity index (χ0v) is 13.0. The van der Waals surface area contributed by atoms with Gasteiger partial charge in [-0.2, -0.15) is 0 Å². The Bertz CT molecular complexity index is 264. The molecule has 4 aliphatic rings. The molecule has 4 bridgehead atoms. The van der Waals surface area contributed by atoms with Crippen LogP contribution in [0, 0.1) is 23.2 Å². The summed E-state index contributed by atoms with van der Waals surface area (Å²) in [6, 6.07) is 0. The molecule has 0 spiro atoms. The number of nitrogens with zero attached hydrogens (tertiary/aromatic N) is 1. The van der Waals surface area contributed by atoms with Gasteiger partial charge in [0.25, 0.3) is 0 Å². The molecule has 0 atom stereocenters. The van der Waals surface area contributed by atoms with E-state index in [0.29, 0.717) is 0 Å². The van der Waals surface area contributed by atoms with Crippen molar-refractivity contribution in [3.63, 3.8) is 0 Å². The van der Waals surface area contributed by atoms with Crippen LogP contribution in [-0.2, 0) is 0 Å².